The van der Waals surface area contributed by atoms with Crippen molar-refractivity contribution in [3.63, 3.8) is 0 Å². The van der Waals surface area contributed by atoms with Gasteiger partial charge in [-0.1, -0.05) is 11.8 Å². The van der Waals surface area contributed by atoms with Crippen LogP contribution in [-0.2, 0) is 6.54 Å². The summed E-state index contributed by atoms with van der Waals surface area (Å²) in [4.78, 5) is 2.33. The maximum Gasteiger partial charge on any atom is 0.119 e. The zero-order valence-corrected chi connectivity index (χ0v) is 12.5. The van der Waals surface area contributed by atoms with Gasteiger partial charge in [0.15, 0.2) is 0 Å². The van der Waals surface area contributed by atoms with Crippen LogP contribution in [0.1, 0.15) is 30.4 Å². The highest BCUT2D eigenvalue weighted by molar-refractivity contribution is 5.45. The Balaban J connectivity index is 2.13. The SMILES string of the molecule is COc1ccc(C#CCCO)c(CN2CCC(O)CC2)c1. The maximum absolute atomic E-state index is 9.58. The predicted octanol–water partition coefficient (Wildman–Crippen LogP) is 1.39. The molecule has 0 atom stereocenters. The van der Waals surface area contributed by atoms with Crippen molar-refractivity contribution < 1.29 is 14.9 Å². The minimum atomic E-state index is -0.157. The maximum atomic E-state index is 9.58. The largest absolute Gasteiger partial charge is 0.497 e. The van der Waals surface area contributed by atoms with E-state index in [1.165, 1.54) is 0 Å². The normalized spacial score (nSPS) is 16.3. The molecule has 4 heteroatoms. The van der Waals surface area contributed by atoms with Crippen LogP contribution >= 0.6 is 0 Å². The molecular weight excluding hydrogens is 266 g/mol. The van der Waals surface area contributed by atoms with Gasteiger partial charge in [-0.2, -0.15) is 0 Å². The van der Waals surface area contributed by atoms with Crippen LogP contribution < -0.4 is 4.74 Å². The summed E-state index contributed by atoms with van der Waals surface area (Å²) in [5.41, 5.74) is 2.12. The number of rotatable bonds is 4. The van der Waals surface area contributed by atoms with Crippen LogP contribution in [0.25, 0.3) is 0 Å². The molecule has 1 aromatic rings. The quantitative estimate of drug-likeness (QED) is 0.822. The number of nitrogens with zero attached hydrogens (tertiary/aromatic N) is 1. The standard InChI is InChI=1S/C17H23NO3/c1-21-17-6-5-14(4-2-3-11-19)15(12-17)13-18-9-7-16(20)8-10-18/h5-6,12,16,19-20H,3,7-11,13H2,1H3. The van der Waals surface area contributed by atoms with E-state index < -0.39 is 0 Å². The Hall–Kier alpha value is -1.54. The van der Waals surface area contributed by atoms with Crippen molar-refractivity contribution in [2.24, 2.45) is 0 Å². The van der Waals surface area contributed by atoms with E-state index in [9.17, 15) is 5.11 Å². The fourth-order valence-corrected chi connectivity index (χ4v) is 2.48. The molecule has 0 radical (unpaired) electrons. The second kappa shape index (κ2) is 8.04. The number of benzene rings is 1. The van der Waals surface area contributed by atoms with Gasteiger partial charge in [0, 0.05) is 31.6 Å². The number of hydrogen-bond acceptors (Lipinski definition) is 4. The fourth-order valence-electron chi connectivity index (χ4n) is 2.48. The zero-order chi connectivity index (χ0) is 15.1. The minimum Gasteiger partial charge on any atom is -0.497 e. The Kier molecular flexibility index (Phi) is 6.06. The van der Waals surface area contributed by atoms with E-state index in [-0.39, 0.29) is 12.7 Å². The lowest BCUT2D eigenvalue weighted by atomic mass is 10.0. The van der Waals surface area contributed by atoms with E-state index in [4.69, 9.17) is 9.84 Å². The van der Waals surface area contributed by atoms with Crippen LogP contribution in [0.4, 0.5) is 0 Å². The molecule has 1 heterocycles. The fraction of sp³-hybridized carbons (Fsp3) is 0.529. The topological polar surface area (TPSA) is 52.9 Å². The van der Waals surface area contributed by atoms with Crippen molar-refractivity contribution in [3.05, 3.63) is 29.3 Å². The van der Waals surface area contributed by atoms with Crippen LogP contribution in [0.15, 0.2) is 18.2 Å². The van der Waals surface area contributed by atoms with Crippen molar-refractivity contribution in [3.8, 4) is 17.6 Å². The summed E-state index contributed by atoms with van der Waals surface area (Å²) in [5.74, 6) is 6.92. The molecule has 0 spiro atoms. The van der Waals surface area contributed by atoms with Crippen LogP contribution in [-0.4, -0.2) is 48.0 Å². The highest BCUT2D eigenvalue weighted by atomic mass is 16.5. The summed E-state index contributed by atoms with van der Waals surface area (Å²) in [7, 11) is 1.66. The molecule has 0 amide bonds. The average molecular weight is 289 g/mol. The highest BCUT2D eigenvalue weighted by Crippen LogP contribution is 2.21. The molecule has 1 aliphatic heterocycles. The van der Waals surface area contributed by atoms with Crippen LogP contribution in [0.2, 0.25) is 0 Å². The van der Waals surface area contributed by atoms with E-state index in [1.807, 2.05) is 18.2 Å². The van der Waals surface area contributed by atoms with Gasteiger partial charge in [0.1, 0.15) is 5.75 Å². The summed E-state index contributed by atoms with van der Waals surface area (Å²) in [6.07, 6.45) is 1.99. The molecule has 0 aliphatic carbocycles. The van der Waals surface area contributed by atoms with Crippen molar-refractivity contribution >= 4 is 0 Å². The van der Waals surface area contributed by atoms with Crippen molar-refractivity contribution in [2.45, 2.75) is 31.9 Å². The van der Waals surface area contributed by atoms with Crippen molar-refractivity contribution in [1.29, 1.82) is 0 Å². The number of aliphatic hydroxyl groups excluding tert-OH is 2. The first-order valence-corrected chi connectivity index (χ1v) is 7.40. The summed E-state index contributed by atoms with van der Waals surface area (Å²) in [6, 6.07) is 5.90. The Labute approximate surface area is 126 Å². The molecule has 0 aromatic heterocycles. The molecule has 2 N–H and O–H groups in total. The lowest BCUT2D eigenvalue weighted by Crippen LogP contribution is -2.35. The van der Waals surface area contributed by atoms with Crippen LogP contribution in [0.5, 0.6) is 5.75 Å². The van der Waals surface area contributed by atoms with E-state index in [1.54, 1.807) is 7.11 Å². The molecule has 1 aliphatic rings. The van der Waals surface area contributed by atoms with E-state index in [2.05, 4.69) is 16.7 Å². The molecule has 1 saturated heterocycles. The monoisotopic (exact) mass is 289 g/mol. The van der Waals surface area contributed by atoms with Gasteiger partial charge in [-0.15, -0.1) is 0 Å². The first kappa shape index (κ1) is 15.8. The number of likely N-dealkylation sites (tertiary alicyclic amines) is 1. The third-order valence-corrected chi connectivity index (χ3v) is 3.72. The van der Waals surface area contributed by atoms with Gasteiger partial charge in [0.25, 0.3) is 0 Å². The van der Waals surface area contributed by atoms with Crippen molar-refractivity contribution in [1.82, 2.24) is 4.90 Å². The van der Waals surface area contributed by atoms with Gasteiger partial charge < -0.3 is 14.9 Å². The van der Waals surface area contributed by atoms with E-state index in [0.717, 1.165) is 49.4 Å². The average Bonchev–Trinajstić information content (AvgIpc) is 2.51. The van der Waals surface area contributed by atoms with Gasteiger partial charge >= 0.3 is 0 Å². The first-order chi connectivity index (χ1) is 10.2. The molecule has 114 valence electrons. The van der Waals surface area contributed by atoms with Gasteiger partial charge in [-0.05, 0) is 36.6 Å². The Morgan fingerprint density at radius 1 is 1.33 bits per heavy atom. The predicted molar refractivity (Wildman–Crippen MR) is 82.1 cm³/mol. The summed E-state index contributed by atoms with van der Waals surface area (Å²) in [6.45, 7) is 2.71. The molecule has 0 unspecified atom stereocenters. The van der Waals surface area contributed by atoms with E-state index >= 15 is 0 Å². The second-order valence-corrected chi connectivity index (χ2v) is 5.31. The Morgan fingerprint density at radius 3 is 2.76 bits per heavy atom. The van der Waals surface area contributed by atoms with Crippen molar-refractivity contribution in [2.75, 3.05) is 26.8 Å². The van der Waals surface area contributed by atoms with Crippen LogP contribution in [0, 0.1) is 11.8 Å². The third kappa shape index (κ3) is 4.75. The number of ether oxygens (including phenoxy) is 1. The minimum absolute atomic E-state index is 0.0858. The molecule has 1 fully saturated rings. The molecule has 1 aromatic carbocycles. The first-order valence-electron chi connectivity index (χ1n) is 7.40. The number of piperidine rings is 1. The molecule has 2 rings (SSSR count). The molecular formula is C17H23NO3. The van der Waals surface area contributed by atoms with Gasteiger partial charge in [-0.3, -0.25) is 4.90 Å². The number of hydrogen-bond donors (Lipinski definition) is 2. The zero-order valence-electron chi connectivity index (χ0n) is 12.5. The molecule has 4 nitrogen and oxygen atoms in total. The molecule has 21 heavy (non-hydrogen) atoms. The highest BCUT2D eigenvalue weighted by Gasteiger charge is 2.18. The molecule has 0 bridgehead atoms. The number of methoxy groups -OCH3 is 1. The lowest BCUT2D eigenvalue weighted by molar-refractivity contribution is 0.0792. The lowest BCUT2D eigenvalue weighted by Gasteiger charge is -2.29. The van der Waals surface area contributed by atoms with Crippen LogP contribution in [0.3, 0.4) is 0 Å². The third-order valence-electron chi connectivity index (χ3n) is 3.72. The Morgan fingerprint density at radius 2 is 2.10 bits per heavy atom. The summed E-state index contributed by atoms with van der Waals surface area (Å²) < 4.78 is 5.30. The van der Waals surface area contributed by atoms with Gasteiger partial charge in [-0.25, -0.2) is 0 Å². The smallest absolute Gasteiger partial charge is 0.119 e. The Bertz CT molecular complexity index is 511. The van der Waals surface area contributed by atoms with Gasteiger partial charge in [0.05, 0.1) is 19.8 Å². The van der Waals surface area contributed by atoms with Gasteiger partial charge in [0.2, 0.25) is 0 Å². The summed E-state index contributed by atoms with van der Waals surface area (Å²) in [5, 5.41) is 18.4. The number of aliphatic hydroxyl groups is 2. The van der Waals surface area contributed by atoms with E-state index in [0.29, 0.717) is 6.42 Å². The summed E-state index contributed by atoms with van der Waals surface area (Å²) >= 11 is 0. The molecule has 0 saturated carbocycles. The second-order valence-electron chi connectivity index (χ2n) is 5.31.